The second-order valence-electron chi connectivity index (χ2n) is 5.98. The molecule has 25 heavy (non-hydrogen) atoms. The highest BCUT2D eigenvalue weighted by molar-refractivity contribution is 7.13. The minimum absolute atomic E-state index is 0.0509. The fourth-order valence-corrected chi connectivity index (χ4v) is 3.75. The normalized spacial score (nSPS) is 10.6. The van der Waals surface area contributed by atoms with E-state index in [9.17, 15) is 4.79 Å². The number of aromatic amines is 1. The zero-order chi connectivity index (χ0) is 17.8. The predicted molar refractivity (Wildman–Crippen MR) is 101 cm³/mol. The number of H-pyrrole nitrogens is 1. The molecule has 0 fully saturated rings. The minimum Gasteiger partial charge on any atom is -0.311 e. The summed E-state index contributed by atoms with van der Waals surface area (Å²) in [6, 6.07) is 12.1. The van der Waals surface area contributed by atoms with Crippen LogP contribution in [0.25, 0.3) is 10.4 Å². The Kier molecular flexibility index (Phi) is 5.11. The Labute approximate surface area is 150 Å². The molecule has 2 heterocycles. The molecule has 3 aromatic rings. The molecule has 2 aromatic heterocycles. The number of hydrogen-bond donors (Lipinski definition) is 1. The van der Waals surface area contributed by atoms with Crippen LogP contribution in [0, 0.1) is 18.3 Å². The van der Waals surface area contributed by atoms with Crippen LogP contribution in [0.5, 0.6) is 0 Å². The fourth-order valence-electron chi connectivity index (χ4n) is 2.89. The van der Waals surface area contributed by atoms with Crippen LogP contribution < -0.4 is 5.56 Å². The molecule has 0 radical (unpaired) electrons. The summed E-state index contributed by atoms with van der Waals surface area (Å²) in [6.07, 6.45) is 2.32. The number of aromatic nitrogens is 2. The Morgan fingerprint density at radius 1 is 1.24 bits per heavy atom. The Balaban J connectivity index is 1.90. The van der Waals surface area contributed by atoms with Crippen LogP contribution in [0.2, 0.25) is 0 Å². The lowest BCUT2D eigenvalue weighted by Crippen LogP contribution is -2.19. The van der Waals surface area contributed by atoms with Gasteiger partial charge in [-0.1, -0.05) is 37.6 Å². The molecule has 0 aliphatic heterocycles. The quantitative estimate of drug-likeness (QED) is 0.750. The molecule has 1 N–H and O–H groups in total. The Morgan fingerprint density at radius 2 is 2.00 bits per heavy atom. The first-order valence-corrected chi connectivity index (χ1v) is 9.16. The molecular formula is C20H19N3OS. The van der Waals surface area contributed by atoms with Gasteiger partial charge in [-0.25, -0.2) is 4.98 Å². The van der Waals surface area contributed by atoms with Crippen LogP contribution in [-0.2, 0) is 12.8 Å². The zero-order valence-corrected chi connectivity index (χ0v) is 15.1. The molecule has 0 unspecified atom stereocenters. The van der Waals surface area contributed by atoms with Gasteiger partial charge < -0.3 is 4.98 Å². The lowest BCUT2D eigenvalue weighted by atomic mass is 10.0. The molecule has 126 valence electrons. The van der Waals surface area contributed by atoms with E-state index in [0.717, 1.165) is 40.1 Å². The van der Waals surface area contributed by atoms with Crippen molar-refractivity contribution in [1.82, 2.24) is 9.97 Å². The van der Waals surface area contributed by atoms with Crippen molar-refractivity contribution in [3.63, 3.8) is 0 Å². The Morgan fingerprint density at radius 3 is 2.68 bits per heavy atom. The molecular weight excluding hydrogens is 330 g/mol. The lowest BCUT2D eigenvalue weighted by molar-refractivity contribution is 0.820. The van der Waals surface area contributed by atoms with Crippen LogP contribution in [0.4, 0.5) is 0 Å². The van der Waals surface area contributed by atoms with Crippen molar-refractivity contribution in [2.75, 3.05) is 0 Å². The summed E-state index contributed by atoms with van der Waals surface area (Å²) in [4.78, 5) is 20.6. The van der Waals surface area contributed by atoms with Crippen molar-refractivity contribution < 1.29 is 0 Å². The van der Waals surface area contributed by atoms with E-state index in [0.29, 0.717) is 17.8 Å². The largest absolute Gasteiger partial charge is 0.311 e. The van der Waals surface area contributed by atoms with E-state index in [2.05, 4.69) is 23.0 Å². The van der Waals surface area contributed by atoms with Gasteiger partial charge in [-0.3, -0.25) is 4.79 Å². The van der Waals surface area contributed by atoms with Gasteiger partial charge in [-0.2, -0.15) is 5.26 Å². The van der Waals surface area contributed by atoms with Crippen molar-refractivity contribution in [2.45, 2.75) is 33.1 Å². The van der Waals surface area contributed by atoms with Crippen LogP contribution in [0.1, 0.15) is 41.6 Å². The average Bonchev–Trinajstić information content (AvgIpc) is 3.07. The first kappa shape index (κ1) is 17.1. The van der Waals surface area contributed by atoms with Crippen LogP contribution in [-0.4, -0.2) is 9.97 Å². The number of nitriles is 1. The van der Waals surface area contributed by atoms with Crippen molar-refractivity contribution in [2.24, 2.45) is 0 Å². The Bertz CT molecular complexity index is 977. The number of thiophene rings is 1. The smallest absolute Gasteiger partial charge is 0.254 e. The van der Waals surface area contributed by atoms with Crippen LogP contribution >= 0.6 is 11.3 Å². The average molecular weight is 349 g/mol. The topological polar surface area (TPSA) is 69.5 Å². The van der Waals surface area contributed by atoms with E-state index in [4.69, 9.17) is 5.26 Å². The summed E-state index contributed by atoms with van der Waals surface area (Å²) >= 11 is 1.56. The summed E-state index contributed by atoms with van der Waals surface area (Å²) in [7, 11) is 0. The van der Waals surface area contributed by atoms with Gasteiger partial charge in [-0.05, 0) is 35.9 Å². The van der Waals surface area contributed by atoms with E-state index in [1.165, 1.54) is 0 Å². The van der Waals surface area contributed by atoms with Crippen molar-refractivity contribution >= 4 is 11.3 Å². The third-order valence-corrected chi connectivity index (χ3v) is 5.05. The van der Waals surface area contributed by atoms with E-state index in [1.807, 2.05) is 42.6 Å². The van der Waals surface area contributed by atoms with Gasteiger partial charge >= 0.3 is 0 Å². The van der Waals surface area contributed by atoms with Crippen molar-refractivity contribution in [3.8, 4) is 16.5 Å². The van der Waals surface area contributed by atoms with Crippen LogP contribution in [0.15, 0.2) is 40.5 Å². The summed E-state index contributed by atoms with van der Waals surface area (Å²) in [6.45, 7) is 3.90. The monoisotopic (exact) mass is 349 g/mol. The number of nitrogens with one attached hydrogen (secondary N) is 1. The zero-order valence-electron chi connectivity index (χ0n) is 14.3. The highest BCUT2D eigenvalue weighted by Gasteiger charge is 2.11. The molecule has 0 saturated heterocycles. The predicted octanol–water partition coefficient (Wildman–Crippen LogP) is 4.22. The third kappa shape index (κ3) is 3.70. The van der Waals surface area contributed by atoms with Gasteiger partial charge in [0.2, 0.25) is 0 Å². The maximum Gasteiger partial charge on any atom is 0.254 e. The highest BCUT2D eigenvalue weighted by atomic mass is 32.1. The molecule has 4 nitrogen and oxygen atoms in total. The van der Waals surface area contributed by atoms with Gasteiger partial charge in [0.05, 0.1) is 16.1 Å². The molecule has 0 aliphatic rings. The van der Waals surface area contributed by atoms with Gasteiger partial charge in [0, 0.05) is 12.0 Å². The van der Waals surface area contributed by atoms with Gasteiger partial charge in [0.1, 0.15) is 11.9 Å². The number of nitrogens with zero attached hydrogens (tertiary/aromatic N) is 2. The van der Waals surface area contributed by atoms with E-state index < -0.39 is 0 Å². The molecule has 0 aliphatic carbocycles. The second kappa shape index (κ2) is 7.45. The van der Waals surface area contributed by atoms with Gasteiger partial charge in [-0.15, -0.1) is 11.3 Å². The third-order valence-electron chi connectivity index (χ3n) is 4.09. The van der Waals surface area contributed by atoms with E-state index in [-0.39, 0.29) is 5.56 Å². The van der Waals surface area contributed by atoms with E-state index in [1.54, 1.807) is 11.3 Å². The molecule has 0 amide bonds. The number of aryl methyl sites for hydroxylation is 2. The summed E-state index contributed by atoms with van der Waals surface area (Å²) < 4.78 is 0. The molecule has 0 atom stereocenters. The molecule has 0 saturated carbocycles. The number of benzene rings is 1. The summed E-state index contributed by atoms with van der Waals surface area (Å²) in [5.41, 5.74) is 4.37. The second-order valence-corrected chi connectivity index (χ2v) is 6.89. The molecule has 0 bridgehead atoms. The maximum absolute atomic E-state index is 12.3. The fraction of sp³-hybridized carbons (Fsp3) is 0.250. The van der Waals surface area contributed by atoms with Crippen molar-refractivity contribution in [3.05, 3.63) is 74.3 Å². The number of rotatable bonds is 5. The first-order chi connectivity index (χ1) is 12.1. The minimum atomic E-state index is -0.0509. The van der Waals surface area contributed by atoms with Gasteiger partial charge in [0.25, 0.3) is 5.56 Å². The molecule has 1 aromatic carbocycles. The maximum atomic E-state index is 12.3. The summed E-state index contributed by atoms with van der Waals surface area (Å²) in [5, 5.41) is 11.1. The first-order valence-electron chi connectivity index (χ1n) is 8.28. The Hall–Kier alpha value is -2.71. The molecule has 3 rings (SSSR count). The lowest BCUT2D eigenvalue weighted by Gasteiger charge is -2.09. The molecule has 0 spiro atoms. The van der Waals surface area contributed by atoms with Crippen LogP contribution in [0.3, 0.4) is 0 Å². The number of hydrogen-bond acceptors (Lipinski definition) is 4. The summed E-state index contributed by atoms with van der Waals surface area (Å²) in [5.74, 6) is 0.661. The highest BCUT2D eigenvalue weighted by Crippen LogP contribution is 2.29. The van der Waals surface area contributed by atoms with E-state index >= 15 is 0 Å². The van der Waals surface area contributed by atoms with Gasteiger partial charge in [0.15, 0.2) is 0 Å². The standard InChI is InChI=1S/C20H19N3OS/c1-3-4-18-17(20(24)23-13(2)22-18)11-14-5-7-15(8-6-14)19-16(12-21)9-10-25-19/h5-10H,3-4,11H2,1-2H3,(H,22,23,24). The van der Waals surface area contributed by atoms with Crippen molar-refractivity contribution in [1.29, 1.82) is 5.26 Å². The molecule has 5 heteroatoms. The SMILES string of the molecule is CCCc1nc(C)[nH]c(=O)c1Cc1ccc(-c2sccc2C#N)cc1.